The molecular formula is C18H16ClNO3. The predicted molar refractivity (Wildman–Crippen MR) is 88.7 cm³/mol. The summed E-state index contributed by atoms with van der Waals surface area (Å²) in [7, 11) is 0. The summed E-state index contributed by atoms with van der Waals surface area (Å²) < 4.78 is 5.06. The van der Waals surface area contributed by atoms with E-state index in [1.807, 2.05) is 24.3 Å². The molecule has 0 aliphatic carbocycles. The normalized spacial score (nSPS) is 16.3. The van der Waals surface area contributed by atoms with Gasteiger partial charge in [0.15, 0.2) is 0 Å². The summed E-state index contributed by atoms with van der Waals surface area (Å²) >= 11 is 6.06. The highest BCUT2D eigenvalue weighted by Gasteiger charge is 2.38. The molecule has 0 radical (unpaired) electrons. The van der Waals surface area contributed by atoms with E-state index in [9.17, 15) is 9.59 Å². The van der Waals surface area contributed by atoms with Crippen LogP contribution in [0, 0.1) is 0 Å². The maximum Gasteiger partial charge on any atom is 0.308 e. The third-order valence-corrected chi connectivity index (χ3v) is 4.07. The predicted octanol–water partition coefficient (Wildman–Crippen LogP) is 3.99. The van der Waals surface area contributed by atoms with Crippen molar-refractivity contribution in [3.05, 3.63) is 64.7 Å². The van der Waals surface area contributed by atoms with E-state index in [4.69, 9.17) is 16.3 Å². The van der Waals surface area contributed by atoms with Crippen molar-refractivity contribution in [2.24, 2.45) is 0 Å². The molecule has 0 bridgehead atoms. The van der Waals surface area contributed by atoms with E-state index >= 15 is 0 Å². The zero-order valence-corrected chi connectivity index (χ0v) is 13.4. The van der Waals surface area contributed by atoms with Crippen molar-refractivity contribution in [2.75, 3.05) is 11.5 Å². The van der Waals surface area contributed by atoms with Gasteiger partial charge >= 0.3 is 5.97 Å². The number of esters is 1. The van der Waals surface area contributed by atoms with Gasteiger partial charge in [0.2, 0.25) is 0 Å². The number of hydrogen-bond acceptors (Lipinski definition) is 3. The first kappa shape index (κ1) is 15.6. The highest BCUT2D eigenvalue weighted by Crippen LogP contribution is 2.40. The van der Waals surface area contributed by atoms with Gasteiger partial charge in [0.1, 0.15) is 0 Å². The van der Waals surface area contributed by atoms with E-state index in [2.05, 4.69) is 0 Å². The van der Waals surface area contributed by atoms with Crippen molar-refractivity contribution in [3.8, 4) is 0 Å². The van der Waals surface area contributed by atoms with Crippen molar-refractivity contribution < 1.29 is 14.3 Å². The summed E-state index contributed by atoms with van der Waals surface area (Å²) in [5.41, 5.74) is 2.13. The fourth-order valence-electron chi connectivity index (χ4n) is 2.89. The molecule has 4 nitrogen and oxygen atoms in total. The number of carbonyl (C=O) groups is 2. The Morgan fingerprint density at radius 2 is 2.00 bits per heavy atom. The second kappa shape index (κ2) is 6.42. The van der Waals surface area contributed by atoms with Crippen LogP contribution in [-0.2, 0) is 9.53 Å². The third-order valence-electron chi connectivity index (χ3n) is 3.83. The SMILES string of the molecule is CCOC(=O)CC1c2ccccc2C(=O)N1c1cccc(Cl)c1. The molecule has 0 fully saturated rings. The van der Waals surface area contributed by atoms with Crippen LogP contribution >= 0.6 is 11.6 Å². The molecule has 1 unspecified atom stereocenters. The topological polar surface area (TPSA) is 46.6 Å². The number of benzene rings is 2. The number of rotatable bonds is 4. The van der Waals surface area contributed by atoms with Gasteiger partial charge in [-0.2, -0.15) is 0 Å². The van der Waals surface area contributed by atoms with Crippen LogP contribution in [0.3, 0.4) is 0 Å². The van der Waals surface area contributed by atoms with Gasteiger partial charge in [0.25, 0.3) is 5.91 Å². The fraction of sp³-hybridized carbons (Fsp3) is 0.222. The molecule has 5 heteroatoms. The van der Waals surface area contributed by atoms with E-state index in [-0.39, 0.29) is 24.3 Å². The first-order valence-corrected chi connectivity index (χ1v) is 7.83. The lowest BCUT2D eigenvalue weighted by Gasteiger charge is -2.25. The van der Waals surface area contributed by atoms with Crippen molar-refractivity contribution >= 4 is 29.2 Å². The Hall–Kier alpha value is -2.33. The zero-order chi connectivity index (χ0) is 16.4. The molecule has 2 aromatic rings. The van der Waals surface area contributed by atoms with E-state index in [1.54, 1.807) is 36.1 Å². The summed E-state index contributed by atoms with van der Waals surface area (Å²) in [6.07, 6.45) is 0.114. The maximum absolute atomic E-state index is 12.8. The Labute approximate surface area is 139 Å². The van der Waals surface area contributed by atoms with Gasteiger partial charge in [-0.15, -0.1) is 0 Å². The number of carbonyl (C=O) groups excluding carboxylic acids is 2. The molecule has 1 heterocycles. The number of anilines is 1. The van der Waals surface area contributed by atoms with Gasteiger partial charge in [-0.05, 0) is 36.8 Å². The summed E-state index contributed by atoms with van der Waals surface area (Å²) in [6, 6.07) is 14.0. The average molecular weight is 330 g/mol. The molecule has 1 aliphatic rings. The van der Waals surface area contributed by atoms with Crippen molar-refractivity contribution in [2.45, 2.75) is 19.4 Å². The van der Waals surface area contributed by atoms with Crippen molar-refractivity contribution in [1.29, 1.82) is 0 Å². The Balaban J connectivity index is 2.03. The average Bonchev–Trinajstić information content (AvgIpc) is 2.81. The molecule has 3 rings (SSSR count). The second-order valence-electron chi connectivity index (χ2n) is 5.27. The highest BCUT2D eigenvalue weighted by atomic mass is 35.5. The van der Waals surface area contributed by atoms with Gasteiger partial charge in [-0.1, -0.05) is 35.9 Å². The van der Waals surface area contributed by atoms with Gasteiger partial charge in [-0.25, -0.2) is 0 Å². The lowest BCUT2D eigenvalue weighted by Crippen LogP contribution is -2.29. The van der Waals surface area contributed by atoms with E-state index in [0.717, 1.165) is 5.56 Å². The lowest BCUT2D eigenvalue weighted by atomic mass is 10.0. The summed E-state index contributed by atoms with van der Waals surface area (Å²) in [4.78, 5) is 26.4. The molecule has 23 heavy (non-hydrogen) atoms. The number of halogens is 1. The van der Waals surface area contributed by atoms with Crippen molar-refractivity contribution in [1.82, 2.24) is 0 Å². The van der Waals surface area contributed by atoms with E-state index in [1.165, 1.54) is 0 Å². The van der Waals surface area contributed by atoms with Gasteiger partial charge in [-0.3, -0.25) is 9.59 Å². The molecule has 0 N–H and O–H groups in total. The molecule has 0 saturated carbocycles. The van der Waals surface area contributed by atoms with Crippen LogP contribution in [0.4, 0.5) is 5.69 Å². The Morgan fingerprint density at radius 3 is 2.74 bits per heavy atom. The Kier molecular flexibility index (Phi) is 4.35. The Bertz CT molecular complexity index is 759. The zero-order valence-electron chi connectivity index (χ0n) is 12.7. The highest BCUT2D eigenvalue weighted by molar-refractivity contribution is 6.31. The lowest BCUT2D eigenvalue weighted by molar-refractivity contribution is -0.143. The third kappa shape index (κ3) is 2.94. The number of nitrogens with zero attached hydrogens (tertiary/aromatic N) is 1. The minimum Gasteiger partial charge on any atom is -0.466 e. The van der Waals surface area contributed by atoms with Crippen LogP contribution in [0.1, 0.15) is 35.3 Å². The standard InChI is InChI=1S/C18H16ClNO3/c1-2-23-17(21)11-16-14-8-3-4-9-15(14)18(22)20(16)13-7-5-6-12(19)10-13/h3-10,16H,2,11H2,1H3. The fourth-order valence-corrected chi connectivity index (χ4v) is 3.08. The molecule has 0 aromatic heterocycles. The largest absolute Gasteiger partial charge is 0.466 e. The number of hydrogen-bond donors (Lipinski definition) is 0. The van der Waals surface area contributed by atoms with Gasteiger partial charge < -0.3 is 9.64 Å². The number of fused-ring (bicyclic) bond motifs is 1. The molecule has 0 saturated heterocycles. The first-order chi connectivity index (χ1) is 11.1. The molecule has 1 atom stereocenters. The van der Waals surface area contributed by atoms with Crippen LogP contribution < -0.4 is 4.90 Å². The van der Waals surface area contributed by atoms with E-state index in [0.29, 0.717) is 22.9 Å². The maximum atomic E-state index is 12.8. The van der Waals surface area contributed by atoms with Crippen molar-refractivity contribution in [3.63, 3.8) is 0 Å². The summed E-state index contributed by atoms with van der Waals surface area (Å²) in [5, 5.41) is 0.543. The summed E-state index contributed by atoms with van der Waals surface area (Å²) in [6.45, 7) is 2.08. The van der Waals surface area contributed by atoms with Gasteiger partial charge in [0, 0.05) is 16.3 Å². The summed E-state index contributed by atoms with van der Waals surface area (Å²) in [5.74, 6) is -0.453. The van der Waals surface area contributed by atoms with Crippen LogP contribution in [0.15, 0.2) is 48.5 Å². The quantitative estimate of drug-likeness (QED) is 0.797. The smallest absolute Gasteiger partial charge is 0.308 e. The number of ether oxygens (including phenoxy) is 1. The Morgan fingerprint density at radius 1 is 1.22 bits per heavy atom. The molecule has 1 aliphatic heterocycles. The minimum atomic E-state index is -0.379. The molecule has 2 aromatic carbocycles. The molecule has 0 spiro atoms. The first-order valence-electron chi connectivity index (χ1n) is 7.45. The van der Waals surface area contributed by atoms with Crippen LogP contribution in [0.5, 0.6) is 0 Å². The van der Waals surface area contributed by atoms with Crippen LogP contribution in [-0.4, -0.2) is 18.5 Å². The monoisotopic (exact) mass is 329 g/mol. The number of amides is 1. The van der Waals surface area contributed by atoms with E-state index < -0.39 is 0 Å². The molecule has 118 valence electrons. The van der Waals surface area contributed by atoms with Gasteiger partial charge in [0.05, 0.1) is 19.1 Å². The minimum absolute atomic E-state index is 0.114. The molecular weight excluding hydrogens is 314 g/mol. The second-order valence-corrected chi connectivity index (χ2v) is 5.70. The van der Waals surface area contributed by atoms with Crippen LogP contribution in [0.2, 0.25) is 5.02 Å². The molecule has 1 amide bonds. The van der Waals surface area contributed by atoms with Crippen LogP contribution in [0.25, 0.3) is 0 Å².